The Balaban J connectivity index is 1.73. The van der Waals surface area contributed by atoms with Crippen molar-refractivity contribution in [3.8, 4) is 0 Å². The highest BCUT2D eigenvalue weighted by atomic mass is 16.5. The van der Waals surface area contributed by atoms with Gasteiger partial charge in [-0.15, -0.1) is 0 Å². The Kier molecular flexibility index (Phi) is 10.5. The molecule has 1 saturated heterocycles. The van der Waals surface area contributed by atoms with Crippen LogP contribution < -0.4 is 0 Å². The summed E-state index contributed by atoms with van der Waals surface area (Å²) in [6, 6.07) is 0. The van der Waals surface area contributed by atoms with Gasteiger partial charge in [0.2, 0.25) is 0 Å². The van der Waals surface area contributed by atoms with E-state index in [1.54, 1.807) is 0 Å². The Morgan fingerprint density at radius 3 is 2.00 bits per heavy atom. The van der Waals surface area contributed by atoms with Crippen LogP contribution >= 0.6 is 0 Å². The number of unbranched alkanes of at least 4 members (excludes halogenated alkanes) is 6. The number of hydrogen-bond donors (Lipinski definition) is 0. The zero-order valence-corrected chi connectivity index (χ0v) is 13.3. The Morgan fingerprint density at radius 2 is 1.37 bits per heavy atom. The van der Waals surface area contributed by atoms with Crippen molar-refractivity contribution < 1.29 is 4.74 Å². The molecule has 0 aliphatic carbocycles. The minimum absolute atomic E-state index is 0.398. The van der Waals surface area contributed by atoms with Crippen molar-refractivity contribution in [2.24, 2.45) is 0 Å². The van der Waals surface area contributed by atoms with Gasteiger partial charge in [-0.25, -0.2) is 0 Å². The van der Waals surface area contributed by atoms with E-state index in [1.165, 1.54) is 83.8 Å². The van der Waals surface area contributed by atoms with Gasteiger partial charge in [-0.1, -0.05) is 38.5 Å². The number of likely N-dealkylation sites (tertiary alicyclic amines) is 1. The lowest BCUT2D eigenvalue weighted by molar-refractivity contribution is 0.0756. The number of nitrogens with zero attached hydrogens (tertiary/aromatic N) is 1. The molecule has 1 aliphatic heterocycles. The summed E-state index contributed by atoms with van der Waals surface area (Å²) >= 11 is 0. The fourth-order valence-corrected chi connectivity index (χ4v) is 2.82. The number of hydrogen-bond acceptors (Lipinski definition) is 2. The molecule has 1 fully saturated rings. The molecular formula is C17H35NO. The van der Waals surface area contributed by atoms with Crippen LogP contribution in [0, 0.1) is 0 Å². The van der Waals surface area contributed by atoms with Crippen molar-refractivity contribution in [3.05, 3.63) is 0 Å². The van der Waals surface area contributed by atoms with E-state index in [4.69, 9.17) is 4.74 Å². The first-order chi connectivity index (χ1) is 9.29. The highest BCUT2D eigenvalue weighted by Crippen LogP contribution is 2.11. The van der Waals surface area contributed by atoms with Crippen LogP contribution in [0.4, 0.5) is 0 Å². The average molecular weight is 269 g/mol. The average Bonchev–Trinajstić information content (AvgIpc) is 2.42. The molecule has 0 aromatic carbocycles. The maximum atomic E-state index is 5.55. The molecule has 0 radical (unpaired) electrons. The fraction of sp³-hybridized carbons (Fsp3) is 1.00. The fourth-order valence-electron chi connectivity index (χ4n) is 2.82. The van der Waals surface area contributed by atoms with Gasteiger partial charge < -0.3 is 9.64 Å². The summed E-state index contributed by atoms with van der Waals surface area (Å²) in [6.45, 7) is 9.24. The molecule has 1 rings (SSSR count). The molecule has 114 valence electrons. The Bertz CT molecular complexity index is 188. The smallest absolute Gasteiger partial charge is 0.0518 e. The second kappa shape index (κ2) is 11.7. The van der Waals surface area contributed by atoms with Gasteiger partial charge in [0.15, 0.2) is 0 Å². The minimum atomic E-state index is 0.398. The molecule has 19 heavy (non-hydrogen) atoms. The lowest BCUT2D eigenvalue weighted by atomic mass is 10.1. The van der Waals surface area contributed by atoms with E-state index in [-0.39, 0.29) is 0 Å². The number of ether oxygens (including phenoxy) is 1. The number of piperidine rings is 1. The summed E-state index contributed by atoms with van der Waals surface area (Å²) in [6.07, 6.45) is 14.4. The molecule has 2 nitrogen and oxygen atoms in total. The van der Waals surface area contributed by atoms with Crippen molar-refractivity contribution in [2.75, 3.05) is 26.2 Å². The molecule has 1 aliphatic rings. The largest absolute Gasteiger partial charge is 0.379 e. The maximum absolute atomic E-state index is 5.55. The van der Waals surface area contributed by atoms with E-state index in [0.29, 0.717) is 6.10 Å². The molecule has 0 spiro atoms. The van der Waals surface area contributed by atoms with Crippen LogP contribution in [0.25, 0.3) is 0 Å². The molecule has 0 bridgehead atoms. The Hall–Kier alpha value is -0.0800. The van der Waals surface area contributed by atoms with Crippen LogP contribution in [0.5, 0.6) is 0 Å². The van der Waals surface area contributed by atoms with Gasteiger partial charge in [-0.2, -0.15) is 0 Å². The van der Waals surface area contributed by atoms with Crippen molar-refractivity contribution >= 4 is 0 Å². The standard InChI is InChI=1S/C17H35NO/c1-17(2)19-16-12-7-5-3-4-6-9-13-18-14-10-8-11-15-18/h17H,3-16H2,1-2H3. The highest BCUT2D eigenvalue weighted by Gasteiger charge is 2.08. The van der Waals surface area contributed by atoms with Crippen LogP contribution in [0.3, 0.4) is 0 Å². The summed E-state index contributed by atoms with van der Waals surface area (Å²) in [5.74, 6) is 0. The minimum Gasteiger partial charge on any atom is -0.379 e. The normalized spacial score (nSPS) is 17.2. The molecule has 0 aromatic rings. The Morgan fingerprint density at radius 1 is 0.789 bits per heavy atom. The van der Waals surface area contributed by atoms with Crippen molar-refractivity contribution in [1.29, 1.82) is 0 Å². The van der Waals surface area contributed by atoms with Crippen molar-refractivity contribution in [2.45, 2.75) is 84.2 Å². The van der Waals surface area contributed by atoms with E-state index < -0.39 is 0 Å². The second-order valence-corrected chi connectivity index (χ2v) is 6.30. The summed E-state index contributed by atoms with van der Waals surface area (Å²) < 4.78 is 5.55. The van der Waals surface area contributed by atoms with E-state index >= 15 is 0 Å². The van der Waals surface area contributed by atoms with Gasteiger partial charge in [0, 0.05) is 6.61 Å². The first-order valence-electron chi connectivity index (χ1n) is 8.63. The summed E-state index contributed by atoms with van der Waals surface area (Å²) in [5, 5.41) is 0. The monoisotopic (exact) mass is 269 g/mol. The molecule has 0 saturated carbocycles. The third-order valence-electron chi connectivity index (χ3n) is 4.02. The van der Waals surface area contributed by atoms with Crippen LogP contribution in [0.1, 0.15) is 78.1 Å². The lowest BCUT2D eigenvalue weighted by Crippen LogP contribution is -2.30. The van der Waals surface area contributed by atoms with E-state index in [1.807, 2.05) is 0 Å². The molecule has 2 heteroatoms. The van der Waals surface area contributed by atoms with Crippen LogP contribution in [0.2, 0.25) is 0 Å². The predicted molar refractivity (Wildman–Crippen MR) is 83.7 cm³/mol. The topological polar surface area (TPSA) is 12.5 Å². The zero-order chi connectivity index (χ0) is 13.8. The SMILES string of the molecule is CC(C)OCCCCCCCCCN1CCCCC1. The van der Waals surface area contributed by atoms with Gasteiger partial charge in [0.1, 0.15) is 0 Å². The molecule has 0 N–H and O–H groups in total. The lowest BCUT2D eigenvalue weighted by Gasteiger charge is -2.26. The van der Waals surface area contributed by atoms with E-state index in [9.17, 15) is 0 Å². The van der Waals surface area contributed by atoms with Gasteiger partial charge in [0.25, 0.3) is 0 Å². The number of rotatable bonds is 11. The third kappa shape index (κ3) is 10.4. The summed E-state index contributed by atoms with van der Waals surface area (Å²) in [7, 11) is 0. The van der Waals surface area contributed by atoms with Crippen LogP contribution in [-0.2, 0) is 4.74 Å². The molecule has 0 aromatic heterocycles. The maximum Gasteiger partial charge on any atom is 0.0518 e. The zero-order valence-electron chi connectivity index (χ0n) is 13.3. The van der Waals surface area contributed by atoms with Crippen molar-refractivity contribution in [3.63, 3.8) is 0 Å². The first-order valence-corrected chi connectivity index (χ1v) is 8.63. The quantitative estimate of drug-likeness (QED) is 0.507. The van der Waals surface area contributed by atoms with E-state index in [0.717, 1.165) is 6.61 Å². The van der Waals surface area contributed by atoms with Gasteiger partial charge >= 0.3 is 0 Å². The first kappa shape index (κ1) is 17.0. The molecule has 0 amide bonds. The van der Waals surface area contributed by atoms with Crippen LogP contribution in [0.15, 0.2) is 0 Å². The van der Waals surface area contributed by atoms with Gasteiger partial charge in [0.05, 0.1) is 6.10 Å². The molecule has 0 atom stereocenters. The highest BCUT2D eigenvalue weighted by molar-refractivity contribution is 4.64. The van der Waals surface area contributed by atoms with Gasteiger partial charge in [-0.3, -0.25) is 0 Å². The summed E-state index contributed by atoms with van der Waals surface area (Å²) in [5.41, 5.74) is 0. The van der Waals surface area contributed by atoms with Crippen LogP contribution in [-0.4, -0.2) is 37.2 Å². The molecule has 1 heterocycles. The third-order valence-corrected chi connectivity index (χ3v) is 4.02. The summed E-state index contributed by atoms with van der Waals surface area (Å²) in [4.78, 5) is 2.66. The van der Waals surface area contributed by atoms with Gasteiger partial charge in [-0.05, 0) is 59.2 Å². The Labute approximate surface area is 120 Å². The van der Waals surface area contributed by atoms with E-state index in [2.05, 4.69) is 18.7 Å². The van der Waals surface area contributed by atoms with Crippen molar-refractivity contribution in [1.82, 2.24) is 4.90 Å². The molecule has 0 unspecified atom stereocenters. The second-order valence-electron chi connectivity index (χ2n) is 6.30. The molecular weight excluding hydrogens is 234 g/mol. The predicted octanol–water partition coefficient (Wildman–Crippen LogP) is 4.63.